The van der Waals surface area contributed by atoms with Gasteiger partial charge < -0.3 is 9.47 Å². The van der Waals surface area contributed by atoms with Crippen LogP contribution in [-0.4, -0.2) is 34.7 Å². The van der Waals surface area contributed by atoms with Crippen molar-refractivity contribution in [3.8, 4) is 5.75 Å². The van der Waals surface area contributed by atoms with Crippen LogP contribution in [0.3, 0.4) is 0 Å². The van der Waals surface area contributed by atoms with E-state index in [1.807, 2.05) is 6.92 Å². The molecule has 30 heavy (non-hydrogen) atoms. The molecule has 0 aliphatic heterocycles. The molecule has 0 bridgehead atoms. The molecule has 0 unspecified atom stereocenters. The number of hydrogen-bond acceptors (Lipinski definition) is 6. The number of Topliss-reactive ketones (excluding diaryl/α,β-unsaturated/α-hetero) is 1. The van der Waals surface area contributed by atoms with Crippen molar-refractivity contribution in [2.24, 2.45) is 0 Å². The Bertz CT molecular complexity index is 1120. The van der Waals surface area contributed by atoms with Crippen molar-refractivity contribution in [2.45, 2.75) is 39.3 Å². The largest absolute Gasteiger partial charge is 0.497 e. The zero-order valence-corrected chi connectivity index (χ0v) is 17.3. The number of unbranched alkanes of at least 4 members (excludes halogenated alkanes) is 1. The smallest absolute Gasteiger partial charge is 0.360 e. The van der Waals surface area contributed by atoms with Crippen LogP contribution in [0, 0.1) is 0 Å². The molecule has 0 N–H and O–H groups in total. The third-order valence-electron chi connectivity index (χ3n) is 4.81. The Morgan fingerprint density at radius 2 is 1.73 bits per heavy atom. The predicted molar refractivity (Wildman–Crippen MR) is 113 cm³/mol. The number of rotatable bonds is 8. The lowest BCUT2D eigenvalue weighted by molar-refractivity contribution is 0.0312. The fourth-order valence-corrected chi connectivity index (χ4v) is 3.11. The summed E-state index contributed by atoms with van der Waals surface area (Å²) in [6.07, 6.45) is 0.628. The van der Waals surface area contributed by atoms with Gasteiger partial charge in [0.05, 0.1) is 12.5 Å². The van der Waals surface area contributed by atoms with Crippen LogP contribution >= 0.6 is 0 Å². The lowest BCUT2D eigenvalue weighted by Gasteiger charge is -2.14. The van der Waals surface area contributed by atoms with Gasteiger partial charge in [0.25, 0.3) is 5.56 Å². The van der Waals surface area contributed by atoms with Gasteiger partial charge in [0.2, 0.25) is 5.78 Å². The molecule has 2 aromatic carbocycles. The van der Waals surface area contributed by atoms with Crippen LogP contribution in [0.25, 0.3) is 10.8 Å². The Morgan fingerprint density at radius 1 is 1.07 bits per heavy atom. The zero-order valence-electron chi connectivity index (χ0n) is 17.3. The second-order valence-corrected chi connectivity index (χ2v) is 6.92. The Hall–Kier alpha value is -3.48. The van der Waals surface area contributed by atoms with E-state index in [-0.39, 0.29) is 17.0 Å². The summed E-state index contributed by atoms with van der Waals surface area (Å²) >= 11 is 0. The van der Waals surface area contributed by atoms with Crippen molar-refractivity contribution in [2.75, 3.05) is 7.11 Å². The summed E-state index contributed by atoms with van der Waals surface area (Å²) in [5.74, 6) is -0.457. The highest BCUT2D eigenvalue weighted by atomic mass is 16.5. The number of ketones is 1. The summed E-state index contributed by atoms with van der Waals surface area (Å²) in [6, 6.07) is 13.3. The van der Waals surface area contributed by atoms with Crippen LogP contribution in [0.1, 0.15) is 47.5 Å². The van der Waals surface area contributed by atoms with Crippen LogP contribution in [0.4, 0.5) is 0 Å². The molecule has 0 spiro atoms. The van der Waals surface area contributed by atoms with Gasteiger partial charge in [0.15, 0.2) is 11.8 Å². The summed E-state index contributed by atoms with van der Waals surface area (Å²) in [6.45, 7) is 3.92. The average Bonchev–Trinajstić information content (AvgIpc) is 2.78. The number of aryl methyl sites for hydroxylation is 1. The van der Waals surface area contributed by atoms with E-state index >= 15 is 0 Å². The Labute approximate surface area is 174 Å². The van der Waals surface area contributed by atoms with Crippen molar-refractivity contribution in [3.63, 3.8) is 0 Å². The van der Waals surface area contributed by atoms with Gasteiger partial charge in [-0.05, 0) is 43.7 Å². The first-order valence-corrected chi connectivity index (χ1v) is 9.85. The van der Waals surface area contributed by atoms with Crippen molar-refractivity contribution in [3.05, 3.63) is 70.1 Å². The molecule has 3 aromatic rings. The number of ether oxygens (including phenoxy) is 2. The first-order valence-electron chi connectivity index (χ1n) is 9.85. The highest BCUT2D eigenvalue weighted by molar-refractivity contribution is 6.05. The molecule has 1 atom stereocenters. The maximum absolute atomic E-state index is 12.9. The molecule has 0 aliphatic rings. The first-order chi connectivity index (χ1) is 14.5. The molecule has 0 fully saturated rings. The Balaban J connectivity index is 1.89. The topological polar surface area (TPSA) is 87.5 Å². The van der Waals surface area contributed by atoms with Crippen LogP contribution in [0.2, 0.25) is 0 Å². The molecule has 0 amide bonds. The molecule has 7 heteroatoms. The number of methoxy groups -OCH3 is 1. The van der Waals surface area contributed by atoms with Gasteiger partial charge in [-0.2, -0.15) is 5.10 Å². The number of aromatic nitrogens is 2. The monoisotopic (exact) mass is 408 g/mol. The predicted octanol–water partition coefficient (Wildman–Crippen LogP) is 3.63. The fourth-order valence-electron chi connectivity index (χ4n) is 3.11. The van der Waals surface area contributed by atoms with Crippen molar-refractivity contribution in [1.29, 1.82) is 0 Å². The average molecular weight is 408 g/mol. The number of esters is 1. The molecular formula is C23H24N2O5. The van der Waals surface area contributed by atoms with Crippen LogP contribution < -0.4 is 10.3 Å². The normalized spacial score (nSPS) is 11.8. The third kappa shape index (κ3) is 4.40. The maximum atomic E-state index is 12.9. The SMILES string of the molecule is CCCCn1nc(C(=O)O[C@H](C)C(=O)c2ccc(OC)cc2)c2ccccc2c1=O. The number of carbonyl (C=O) groups is 2. The van der Waals surface area contributed by atoms with E-state index in [0.717, 1.165) is 12.8 Å². The van der Waals surface area contributed by atoms with E-state index in [2.05, 4.69) is 5.10 Å². The molecule has 156 valence electrons. The van der Waals surface area contributed by atoms with E-state index in [9.17, 15) is 14.4 Å². The van der Waals surface area contributed by atoms with Crippen LogP contribution in [0.5, 0.6) is 5.75 Å². The van der Waals surface area contributed by atoms with Gasteiger partial charge in [0.1, 0.15) is 5.75 Å². The Morgan fingerprint density at radius 3 is 2.37 bits per heavy atom. The maximum Gasteiger partial charge on any atom is 0.360 e. The molecule has 0 saturated carbocycles. The summed E-state index contributed by atoms with van der Waals surface area (Å²) in [7, 11) is 1.54. The van der Waals surface area contributed by atoms with E-state index < -0.39 is 12.1 Å². The number of benzene rings is 2. The highest BCUT2D eigenvalue weighted by Crippen LogP contribution is 2.17. The van der Waals surface area contributed by atoms with Crippen molar-refractivity contribution >= 4 is 22.5 Å². The lowest BCUT2D eigenvalue weighted by Crippen LogP contribution is -2.29. The van der Waals surface area contributed by atoms with E-state index in [0.29, 0.717) is 28.6 Å². The third-order valence-corrected chi connectivity index (χ3v) is 4.81. The van der Waals surface area contributed by atoms with Crippen LogP contribution in [-0.2, 0) is 11.3 Å². The Kier molecular flexibility index (Phi) is 6.61. The molecule has 0 saturated heterocycles. The molecule has 0 aliphatic carbocycles. The summed E-state index contributed by atoms with van der Waals surface area (Å²) < 4.78 is 11.8. The minimum absolute atomic E-state index is 0.0238. The first kappa shape index (κ1) is 21.2. The summed E-state index contributed by atoms with van der Waals surface area (Å²) in [5.41, 5.74) is 0.176. The van der Waals surface area contributed by atoms with Crippen molar-refractivity contribution < 1.29 is 19.1 Å². The van der Waals surface area contributed by atoms with Crippen molar-refractivity contribution in [1.82, 2.24) is 9.78 Å². The highest BCUT2D eigenvalue weighted by Gasteiger charge is 2.24. The standard InChI is InChI=1S/C23H24N2O5/c1-4-5-14-25-22(27)19-9-7-6-8-18(19)20(24-25)23(28)30-15(2)21(26)16-10-12-17(29-3)13-11-16/h6-13,15H,4-5,14H2,1-3H3/t15-/m1/s1. The number of fused-ring (bicyclic) bond motifs is 1. The van der Waals surface area contributed by atoms with Gasteiger partial charge in [-0.3, -0.25) is 9.59 Å². The van der Waals surface area contributed by atoms with E-state index in [4.69, 9.17) is 9.47 Å². The van der Waals surface area contributed by atoms with Gasteiger partial charge >= 0.3 is 5.97 Å². The van der Waals surface area contributed by atoms with Gasteiger partial charge in [-0.15, -0.1) is 0 Å². The van der Waals surface area contributed by atoms with Gasteiger partial charge in [0, 0.05) is 17.5 Å². The second-order valence-electron chi connectivity index (χ2n) is 6.92. The molecular weight excluding hydrogens is 384 g/mol. The fraction of sp³-hybridized carbons (Fsp3) is 0.304. The molecule has 3 rings (SSSR count). The molecule has 7 nitrogen and oxygen atoms in total. The summed E-state index contributed by atoms with van der Waals surface area (Å²) in [4.78, 5) is 38.2. The van der Waals surface area contributed by atoms with Gasteiger partial charge in [-0.1, -0.05) is 31.5 Å². The number of nitrogens with zero attached hydrogens (tertiary/aromatic N) is 2. The van der Waals surface area contributed by atoms with E-state index in [1.54, 1.807) is 55.6 Å². The second kappa shape index (κ2) is 9.35. The number of carbonyl (C=O) groups excluding carboxylic acids is 2. The van der Waals surface area contributed by atoms with Crippen LogP contribution in [0.15, 0.2) is 53.3 Å². The minimum Gasteiger partial charge on any atom is -0.497 e. The molecule has 1 heterocycles. The minimum atomic E-state index is -1.01. The lowest BCUT2D eigenvalue weighted by atomic mass is 10.1. The number of hydrogen-bond donors (Lipinski definition) is 0. The summed E-state index contributed by atoms with van der Waals surface area (Å²) in [5, 5.41) is 5.05. The zero-order chi connectivity index (χ0) is 21.7. The van der Waals surface area contributed by atoms with E-state index in [1.165, 1.54) is 11.6 Å². The molecule has 1 aromatic heterocycles. The quantitative estimate of drug-likeness (QED) is 0.418. The van der Waals surface area contributed by atoms with Gasteiger partial charge in [-0.25, -0.2) is 9.48 Å². The molecule has 0 radical (unpaired) electrons.